The molecule has 0 aliphatic heterocycles. The van der Waals surface area contributed by atoms with Crippen molar-refractivity contribution in [2.75, 3.05) is 26.7 Å². The van der Waals surface area contributed by atoms with E-state index in [0.29, 0.717) is 6.10 Å². The van der Waals surface area contributed by atoms with E-state index in [9.17, 15) is 0 Å². The lowest BCUT2D eigenvalue weighted by molar-refractivity contribution is 0.0495. The number of nitrogens with zero attached hydrogens (tertiary/aromatic N) is 1. The molecular formula is C14H30N2O. The van der Waals surface area contributed by atoms with E-state index < -0.39 is 0 Å². The van der Waals surface area contributed by atoms with Gasteiger partial charge in [0.15, 0.2) is 0 Å². The fraction of sp³-hybridized carbons (Fsp3) is 1.00. The van der Waals surface area contributed by atoms with Crippen LogP contribution in [-0.4, -0.2) is 49.8 Å². The molecule has 17 heavy (non-hydrogen) atoms. The summed E-state index contributed by atoms with van der Waals surface area (Å²) in [5.41, 5.74) is 0. The topological polar surface area (TPSA) is 24.5 Å². The molecule has 1 N–H and O–H groups in total. The third-order valence-electron chi connectivity index (χ3n) is 3.66. The summed E-state index contributed by atoms with van der Waals surface area (Å²) in [6, 6.07) is 1.47. The minimum absolute atomic E-state index is 0.351. The normalized spacial score (nSPS) is 25.8. The van der Waals surface area contributed by atoms with Gasteiger partial charge in [0.1, 0.15) is 0 Å². The van der Waals surface area contributed by atoms with E-state index in [1.54, 1.807) is 0 Å². The Bertz CT molecular complexity index is 195. The second kappa shape index (κ2) is 8.06. The van der Waals surface area contributed by atoms with Crippen molar-refractivity contribution in [1.29, 1.82) is 0 Å². The lowest BCUT2D eigenvalue weighted by atomic mass is 9.90. The first kappa shape index (κ1) is 14.9. The largest absolute Gasteiger partial charge is 0.377 e. The molecule has 3 nitrogen and oxygen atoms in total. The monoisotopic (exact) mass is 242 g/mol. The average Bonchev–Trinajstić information content (AvgIpc) is 2.29. The Labute approximate surface area is 107 Å². The highest BCUT2D eigenvalue weighted by Gasteiger charge is 2.23. The van der Waals surface area contributed by atoms with Crippen molar-refractivity contribution in [3.8, 4) is 0 Å². The van der Waals surface area contributed by atoms with Gasteiger partial charge in [-0.05, 0) is 46.7 Å². The van der Waals surface area contributed by atoms with E-state index in [2.05, 4.69) is 38.0 Å². The Morgan fingerprint density at radius 3 is 2.76 bits per heavy atom. The first-order chi connectivity index (χ1) is 8.13. The average molecular weight is 242 g/mol. The van der Waals surface area contributed by atoms with Crippen LogP contribution >= 0.6 is 0 Å². The number of rotatable bonds is 7. The van der Waals surface area contributed by atoms with Crippen LogP contribution in [0.2, 0.25) is 0 Å². The number of hydrogen-bond acceptors (Lipinski definition) is 3. The van der Waals surface area contributed by atoms with Gasteiger partial charge in [0.05, 0.1) is 12.7 Å². The van der Waals surface area contributed by atoms with E-state index in [-0.39, 0.29) is 0 Å². The fourth-order valence-electron chi connectivity index (χ4n) is 2.65. The highest BCUT2D eigenvalue weighted by atomic mass is 16.5. The Hall–Kier alpha value is -0.120. The van der Waals surface area contributed by atoms with Crippen LogP contribution in [0.5, 0.6) is 0 Å². The van der Waals surface area contributed by atoms with Crippen molar-refractivity contribution < 1.29 is 4.74 Å². The predicted octanol–water partition coefficient (Wildman–Crippen LogP) is 2.26. The summed E-state index contributed by atoms with van der Waals surface area (Å²) in [6.07, 6.45) is 5.70. The summed E-state index contributed by atoms with van der Waals surface area (Å²) in [4.78, 5) is 2.48. The number of ether oxygens (including phenoxy) is 1. The molecule has 0 amide bonds. The standard InChI is InChI=1S/C14H30N2O/c1-5-15-13-7-6-8-14(11-13)16(4)9-10-17-12(2)3/h12-15H,5-11H2,1-4H3. The highest BCUT2D eigenvalue weighted by molar-refractivity contribution is 4.82. The van der Waals surface area contributed by atoms with E-state index in [4.69, 9.17) is 4.74 Å². The summed E-state index contributed by atoms with van der Waals surface area (Å²) in [7, 11) is 2.24. The molecule has 0 aromatic heterocycles. The zero-order valence-corrected chi connectivity index (χ0v) is 12.0. The van der Waals surface area contributed by atoms with Crippen molar-refractivity contribution in [1.82, 2.24) is 10.2 Å². The quantitative estimate of drug-likeness (QED) is 0.741. The van der Waals surface area contributed by atoms with Gasteiger partial charge in [-0.25, -0.2) is 0 Å². The SMILES string of the molecule is CCNC1CCCC(N(C)CCOC(C)C)C1. The summed E-state index contributed by atoms with van der Waals surface area (Å²) >= 11 is 0. The molecule has 1 saturated carbocycles. The maximum atomic E-state index is 5.62. The Morgan fingerprint density at radius 1 is 1.35 bits per heavy atom. The van der Waals surface area contributed by atoms with Crippen LogP contribution in [0.1, 0.15) is 46.5 Å². The molecule has 1 rings (SSSR count). The van der Waals surface area contributed by atoms with Crippen molar-refractivity contribution in [2.45, 2.75) is 64.6 Å². The summed E-state index contributed by atoms with van der Waals surface area (Å²) in [6.45, 7) is 9.41. The van der Waals surface area contributed by atoms with Crippen LogP contribution in [0.15, 0.2) is 0 Å². The molecule has 2 atom stereocenters. The molecule has 0 spiro atoms. The molecule has 3 heteroatoms. The van der Waals surface area contributed by atoms with E-state index in [1.807, 2.05) is 0 Å². The third kappa shape index (κ3) is 5.84. The Morgan fingerprint density at radius 2 is 2.12 bits per heavy atom. The van der Waals surface area contributed by atoms with Crippen LogP contribution < -0.4 is 5.32 Å². The molecule has 102 valence electrons. The van der Waals surface area contributed by atoms with Crippen LogP contribution in [0.3, 0.4) is 0 Å². The zero-order chi connectivity index (χ0) is 12.7. The molecular weight excluding hydrogens is 212 g/mol. The number of likely N-dealkylation sites (N-methyl/N-ethyl adjacent to an activating group) is 1. The van der Waals surface area contributed by atoms with Gasteiger partial charge >= 0.3 is 0 Å². The molecule has 0 aromatic carbocycles. The van der Waals surface area contributed by atoms with Gasteiger partial charge < -0.3 is 15.0 Å². The molecule has 0 radical (unpaired) electrons. The molecule has 1 aliphatic carbocycles. The zero-order valence-electron chi connectivity index (χ0n) is 12.0. The second-order valence-corrected chi connectivity index (χ2v) is 5.48. The fourth-order valence-corrected chi connectivity index (χ4v) is 2.65. The second-order valence-electron chi connectivity index (χ2n) is 5.48. The molecule has 0 saturated heterocycles. The van der Waals surface area contributed by atoms with Gasteiger partial charge in [0.2, 0.25) is 0 Å². The van der Waals surface area contributed by atoms with Crippen molar-refractivity contribution in [2.24, 2.45) is 0 Å². The lowest BCUT2D eigenvalue weighted by Crippen LogP contribution is -2.43. The molecule has 1 fully saturated rings. The Balaban J connectivity index is 2.23. The van der Waals surface area contributed by atoms with E-state index >= 15 is 0 Å². The van der Waals surface area contributed by atoms with Gasteiger partial charge in [-0.1, -0.05) is 13.3 Å². The smallest absolute Gasteiger partial charge is 0.0596 e. The van der Waals surface area contributed by atoms with E-state index in [0.717, 1.165) is 31.8 Å². The molecule has 0 bridgehead atoms. The first-order valence-corrected chi connectivity index (χ1v) is 7.18. The van der Waals surface area contributed by atoms with Crippen molar-refractivity contribution >= 4 is 0 Å². The molecule has 1 aliphatic rings. The van der Waals surface area contributed by atoms with Gasteiger partial charge in [-0.3, -0.25) is 0 Å². The predicted molar refractivity (Wildman–Crippen MR) is 73.4 cm³/mol. The first-order valence-electron chi connectivity index (χ1n) is 7.18. The third-order valence-corrected chi connectivity index (χ3v) is 3.66. The summed E-state index contributed by atoms with van der Waals surface area (Å²) in [5, 5.41) is 3.59. The number of hydrogen-bond donors (Lipinski definition) is 1. The summed E-state index contributed by atoms with van der Waals surface area (Å²) < 4.78 is 5.62. The maximum absolute atomic E-state index is 5.62. The lowest BCUT2D eigenvalue weighted by Gasteiger charge is -2.35. The van der Waals surface area contributed by atoms with Crippen LogP contribution in [-0.2, 0) is 4.74 Å². The van der Waals surface area contributed by atoms with Crippen LogP contribution in [0.4, 0.5) is 0 Å². The highest BCUT2D eigenvalue weighted by Crippen LogP contribution is 2.22. The number of nitrogens with one attached hydrogen (secondary N) is 1. The minimum Gasteiger partial charge on any atom is -0.377 e. The minimum atomic E-state index is 0.351. The molecule has 2 unspecified atom stereocenters. The van der Waals surface area contributed by atoms with Crippen LogP contribution in [0, 0.1) is 0 Å². The molecule has 0 aromatic rings. The van der Waals surface area contributed by atoms with Gasteiger partial charge in [0.25, 0.3) is 0 Å². The van der Waals surface area contributed by atoms with Gasteiger partial charge in [-0.15, -0.1) is 0 Å². The van der Waals surface area contributed by atoms with Crippen molar-refractivity contribution in [3.63, 3.8) is 0 Å². The van der Waals surface area contributed by atoms with Gasteiger partial charge in [0, 0.05) is 18.6 Å². The molecule has 0 heterocycles. The summed E-state index contributed by atoms with van der Waals surface area (Å²) in [5.74, 6) is 0. The Kier molecular flexibility index (Phi) is 7.09. The van der Waals surface area contributed by atoms with Gasteiger partial charge in [-0.2, -0.15) is 0 Å². The van der Waals surface area contributed by atoms with Crippen LogP contribution in [0.25, 0.3) is 0 Å². The maximum Gasteiger partial charge on any atom is 0.0596 e. The van der Waals surface area contributed by atoms with E-state index in [1.165, 1.54) is 25.7 Å². The van der Waals surface area contributed by atoms with Crippen molar-refractivity contribution in [3.05, 3.63) is 0 Å².